The number of carbonyl (C=O) groups is 1. The summed E-state index contributed by atoms with van der Waals surface area (Å²) in [5, 5.41) is 2.89. The third-order valence-electron chi connectivity index (χ3n) is 4.90. The Morgan fingerprint density at radius 3 is 2.48 bits per heavy atom. The van der Waals surface area contributed by atoms with Gasteiger partial charge in [0.15, 0.2) is 0 Å². The molecule has 2 heterocycles. The van der Waals surface area contributed by atoms with Gasteiger partial charge >= 0.3 is 0 Å². The fraction of sp³-hybridized carbons (Fsp3) is 0.478. The first-order valence-electron chi connectivity index (χ1n) is 10.2. The summed E-state index contributed by atoms with van der Waals surface area (Å²) in [6.07, 6.45) is 2.77. The number of carbonyl (C=O) groups excluding carboxylic acids is 1. The van der Waals surface area contributed by atoms with E-state index >= 15 is 0 Å². The Morgan fingerprint density at radius 1 is 1.14 bits per heavy atom. The van der Waals surface area contributed by atoms with Crippen LogP contribution in [0.4, 0.5) is 11.5 Å². The minimum absolute atomic E-state index is 0.0300. The monoisotopic (exact) mass is 397 g/mol. The smallest absolute Gasteiger partial charge is 0.224 e. The molecule has 1 saturated heterocycles. The Labute approximate surface area is 173 Å². The second-order valence-corrected chi connectivity index (χ2v) is 8.28. The zero-order chi connectivity index (χ0) is 20.7. The molecule has 6 heteroatoms. The average Bonchev–Trinajstić information content (AvgIpc) is 2.72. The highest BCUT2D eigenvalue weighted by atomic mass is 16.5. The van der Waals surface area contributed by atoms with Crippen molar-refractivity contribution in [1.29, 1.82) is 0 Å². The number of ether oxygens (including phenoxy) is 2. The quantitative estimate of drug-likeness (QED) is 0.715. The van der Waals surface area contributed by atoms with Gasteiger partial charge < -0.3 is 19.7 Å². The summed E-state index contributed by atoms with van der Waals surface area (Å²) in [4.78, 5) is 18.8. The number of pyridine rings is 1. The molecule has 1 fully saturated rings. The Hall–Kier alpha value is -2.60. The van der Waals surface area contributed by atoms with Crippen molar-refractivity contribution in [3.05, 3.63) is 48.2 Å². The average molecular weight is 398 g/mol. The second kappa shape index (κ2) is 9.74. The van der Waals surface area contributed by atoms with Gasteiger partial charge in [-0.15, -0.1) is 0 Å². The lowest BCUT2D eigenvalue weighted by Crippen LogP contribution is -2.36. The van der Waals surface area contributed by atoms with Crippen molar-refractivity contribution in [2.45, 2.75) is 39.0 Å². The van der Waals surface area contributed by atoms with E-state index in [0.717, 1.165) is 37.9 Å². The van der Waals surface area contributed by atoms with Gasteiger partial charge in [-0.2, -0.15) is 0 Å². The van der Waals surface area contributed by atoms with Gasteiger partial charge in [0.1, 0.15) is 11.6 Å². The minimum Gasteiger partial charge on any atom is -0.494 e. The number of nitrogens with one attached hydrogen (secondary N) is 1. The number of morpholine rings is 1. The number of anilines is 2. The number of amides is 1. The number of hydrogen-bond donors (Lipinski definition) is 1. The van der Waals surface area contributed by atoms with E-state index in [2.05, 4.69) is 48.1 Å². The number of nitrogens with zero attached hydrogens (tertiary/aromatic N) is 2. The highest BCUT2D eigenvalue weighted by molar-refractivity contribution is 5.90. The maximum atomic E-state index is 12.1. The van der Waals surface area contributed by atoms with E-state index in [4.69, 9.17) is 9.47 Å². The Bertz CT molecular complexity index is 777. The van der Waals surface area contributed by atoms with Crippen LogP contribution in [0.5, 0.6) is 5.75 Å². The van der Waals surface area contributed by atoms with Crippen LogP contribution >= 0.6 is 0 Å². The molecule has 3 rings (SSSR count). The summed E-state index contributed by atoms with van der Waals surface area (Å²) in [5.41, 5.74) is 2.12. The molecule has 156 valence electrons. The molecule has 1 N–H and O–H groups in total. The lowest BCUT2D eigenvalue weighted by Gasteiger charge is -2.27. The van der Waals surface area contributed by atoms with E-state index in [9.17, 15) is 4.79 Å². The molecule has 1 aliphatic rings. The van der Waals surface area contributed by atoms with Crippen LogP contribution < -0.4 is 15.0 Å². The zero-order valence-electron chi connectivity index (χ0n) is 17.6. The first-order chi connectivity index (χ1) is 13.9. The van der Waals surface area contributed by atoms with Crippen LogP contribution in [0.3, 0.4) is 0 Å². The summed E-state index contributed by atoms with van der Waals surface area (Å²) in [5.74, 6) is 1.72. The standard InChI is InChI=1S/C23H31N3O3/c1-23(2,3)18-6-9-20(10-7-18)29-14-4-5-22(27)25-19-8-11-21(24-17-19)26-12-15-28-16-13-26/h6-11,17H,4-5,12-16H2,1-3H3,(H,25,27). The summed E-state index contributed by atoms with van der Waals surface area (Å²) in [7, 11) is 0. The zero-order valence-corrected chi connectivity index (χ0v) is 17.6. The van der Waals surface area contributed by atoms with Crippen LogP contribution in [0.15, 0.2) is 42.6 Å². The maximum Gasteiger partial charge on any atom is 0.224 e. The molecule has 1 aromatic carbocycles. The third kappa shape index (κ3) is 6.46. The highest BCUT2D eigenvalue weighted by Crippen LogP contribution is 2.24. The molecule has 1 aromatic heterocycles. The van der Waals surface area contributed by atoms with Gasteiger partial charge in [0.25, 0.3) is 0 Å². The highest BCUT2D eigenvalue weighted by Gasteiger charge is 2.13. The van der Waals surface area contributed by atoms with Crippen LogP contribution in [-0.4, -0.2) is 43.8 Å². The Morgan fingerprint density at radius 2 is 1.86 bits per heavy atom. The third-order valence-corrected chi connectivity index (χ3v) is 4.90. The predicted octanol–water partition coefficient (Wildman–Crippen LogP) is 4.01. The topological polar surface area (TPSA) is 63.7 Å². The summed E-state index contributed by atoms with van der Waals surface area (Å²) >= 11 is 0. The first kappa shape index (κ1) is 21.1. The van der Waals surface area contributed by atoms with Gasteiger partial charge in [0, 0.05) is 19.5 Å². The summed E-state index contributed by atoms with van der Waals surface area (Å²) in [6, 6.07) is 12.0. The van der Waals surface area contributed by atoms with Gasteiger partial charge in [-0.25, -0.2) is 4.98 Å². The van der Waals surface area contributed by atoms with Crippen LogP contribution in [0.2, 0.25) is 0 Å². The number of hydrogen-bond acceptors (Lipinski definition) is 5. The van der Waals surface area contributed by atoms with Gasteiger partial charge in [-0.05, 0) is 41.7 Å². The van der Waals surface area contributed by atoms with Crippen molar-refractivity contribution in [3.63, 3.8) is 0 Å². The minimum atomic E-state index is -0.0300. The lowest BCUT2D eigenvalue weighted by atomic mass is 9.87. The molecule has 0 bridgehead atoms. The van der Waals surface area contributed by atoms with Gasteiger partial charge in [0.05, 0.1) is 31.7 Å². The molecule has 0 radical (unpaired) electrons. The van der Waals surface area contributed by atoms with E-state index in [1.54, 1.807) is 6.20 Å². The van der Waals surface area contributed by atoms with Crippen LogP contribution in [0.1, 0.15) is 39.2 Å². The Kier molecular flexibility index (Phi) is 7.09. The maximum absolute atomic E-state index is 12.1. The van der Waals surface area contributed by atoms with E-state index in [0.29, 0.717) is 25.1 Å². The molecule has 1 amide bonds. The predicted molar refractivity (Wildman–Crippen MR) is 116 cm³/mol. The van der Waals surface area contributed by atoms with Crippen molar-refractivity contribution >= 4 is 17.4 Å². The van der Waals surface area contributed by atoms with Crippen molar-refractivity contribution in [2.24, 2.45) is 0 Å². The van der Waals surface area contributed by atoms with Crippen molar-refractivity contribution in [2.75, 3.05) is 43.1 Å². The van der Waals surface area contributed by atoms with E-state index in [1.807, 2.05) is 24.3 Å². The number of rotatable bonds is 7. The fourth-order valence-electron chi connectivity index (χ4n) is 3.14. The molecule has 1 aliphatic heterocycles. The van der Waals surface area contributed by atoms with Crippen LogP contribution in [0, 0.1) is 0 Å². The molecule has 0 saturated carbocycles. The van der Waals surface area contributed by atoms with E-state index in [1.165, 1.54) is 5.56 Å². The molecular weight excluding hydrogens is 366 g/mol. The normalized spacial score (nSPS) is 14.5. The Balaban J connectivity index is 1.37. The van der Waals surface area contributed by atoms with Crippen LogP contribution in [0.25, 0.3) is 0 Å². The van der Waals surface area contributed by atoms with Gasteiger partial charge in [-0.3, -0.25) is 4.79 Å². The van der Waals surface area contributed by atoms with Gasteiger partial charge in [0.2, 0.25) is 5.91 Å². The summed E-state index contributed by atoms with van der Waals surface area (Å²) < 4.78 is 11.1. The summed E-state index contributed by atoms with van der Waals surface area (Å²) in [6.45, 7) is 10.2. The van der Waals surface area contributed by atoms with Crippen LogP contribution in [-0.2, 0) is 14.9 Å². The largest absolute Gasteiger partial charge is 0.494 e. The van der Waals surface area contributed by atoms with E-state index in [-0.39, 0.29) is 11.3 Å². The first-order valence-corrected chi connectivity index (χ1v) is 10.2. The number of benzene rings is 1. The van der Waals surface area contributed by atoms with Gasteiger partial charge in [-0.1, -0.05) is 32.9 Å². The molecule has 0 atom stereocenters. The molecule has 6 nitrogen and oxygen atoms in total. The molecule has 0 aliphatic carbocycles. The molecule has 0 unspecified atom stereocenters. The van der Waals surface area contributed by atoms with E-state index < -0.39 is 0 Å². The number of aromatic nitrogens is 1. The molecular formula is C23H31N3O3. The SMILES string of the molecule is CC(C)(C)c1ccc(OCCCC(=O)Nc2ccc(N3CCOCC3)nc2)cc1. The molecule has 0 spiro atoms. The van der Waals surface area contributed by atoms with Crippen molar-refractivity contribution < 1.29 is 14.3 Å². The lowest BCUT2D eigenvalue weighted by molar-refractivity contribution is -0.116. The van der Waals surface area contributed by atoms with Crippen molar-refractivity contribution in [3.8, 4) is 5.75 Å². The molecule has 2 aromatic rings. The van der Waals surface area contributed by atoms with Crippen molar-refractivity contribution in [1.82, 2.24) is 4.98 Å². The second-order valence-electron chi connectivity index (χ2n) is 8.28. The molecule has 29 heavy (non-hydrogen) atoms. The fourth-order valence-corrected chi connectivity index (χ4v) is 3.14.